The van der Waals surface area contributed by atoms with E-state index in [0.717, 1.165) is 55.2 Å². The molecule has 2 N–H and O–H groups in total. The Morgan fingerprint density at radius 3 is 2.31 bits per heavy atom. The maximum absolute atomic E-state index is 13.4. The van der Waals surface area contributed by atoms with Crippen LogP contribution in [0.15, 0.2) is 60.7 Å². The van der Waals surface area contributed by atoms with Crippen LogP contribution in [0.3, 0.4) is 0 Å². The number of benzene rings is 3. The van der Waals surface area contributed by atoms with E-state index in [-0.39, 0.29) is 42.4 Å². The van der Waals surface area contributed by atoms with E-state index in [1.165, 1.54) is 0 Å². The van der Waals surface area contributed by atoms with E-state index < -0.39 is 35.1 Å². The molecule has 12 nitrogen and oxygen atoms in total. The molecule has 1 unspecified atom stereocenters. The van der Waals surface area contributed by atoms with E-state index in [9.17, 15) is 29.2 Å². The number of amides is 5. The van der Waals surface area contributed by atoms with Crippen LogP contribution in [0.2, 0.25) is 5.02 Å². The maximum Gasteiger partial charge on any atom is 0.262 e. The summed E-state index contributed by atoms with van der Waals surface area (Å²) >= 11 is 6.25. The topological polar surface area (TPSA) is 152 Å². The third kappa shape index (κ3) is 8.57. The molecular formula is C46H49ClN6O6. The molecule has 306 valence electrons. The number of nitrogens with zero attached hydrogens (tertiary/aromatic N) is 4. The maximum atomic E-state index is 13.4. The van der Waals surface area contributed by atoms with Crippen molar-refractivity contribution in [2.45, 2.75) is 90.4 Å². The Morgan fingerprint density at radius 2 is 1.66 bits per heavy atom. The summed E-state index contributed by atoms with van der Waals surface area (Å²) in [5, 5.41) is 15.0. The molecule has 0 saturated carbocycles. The molecule has 0 aliphatic carbocycles. The smallest absolute Gasteiger partial charge is 0.262 e. The van der Waals surface area contributed by atoms with E-state index in [4.69, 9.17) is 16.3 Å². The van der Waals surface area contributed by atoms with Gasteiger partial charge in [-0.1, -0.05) is 51.1 Å². The lowest BCUT2D eigenvalue weighted by molar-refractivity contribution is -0.136. The first-order chi connectivity index (χ1) is 28.3. The van der Waals surface area contributed by atoms with Crippen molar-refractivity contribution in [1.29, 1.82) is 5.26 Å². The fourth-order valence-corrected chi connectivity index (χ4v) is 9.02. The van der Waals surface area contributed by atoms with E-state index >= 15 is 0 Å². The number of ether oxygens (including phenoxy) is 1. The summed E-state index contributed by atoms with van der Waals surface area (Å²) in [6, 6.07) is 19.1. The molecule has 13 heteroatoms. The van der Waals surface area contributed by atoms with Crippen LogP contribution in [0.1, 0.15) is 108 Å². The van der Waals surface area contributed by atoms with Crippen molar-refractivity contribution in [3.63, 3.8) is 0 Å². The van der Waals surface area contributed by atoms with Gasteiger partial charge in [-0.2, -0.15) is 5.26 Å². The van der Waals surface area contributed by atoms with Crippen LogP contribution in [0.5, 0.6) is 5.75 Å². The minimum atomic E-state index is -0.980. The standard InChI is InChI=1S/C46H49ClN6O6/c1-5-39(46(3,4)40(6-2)59-34-15-13-31(25-48)37(47)24-34)49-42(55)30-11-9-28(10-12-30)7-8-29-26-52(27-29)32-19-21-51(22-20-32)33-14-16-35-36(23-33)45(58)53(44(35)57)38-17-18-41(54)50-43(38)56/h9-16,23-24,29,32,38-40H,5-6,17-22,26-27H2,1-4H3,(H,49,55)(H,50,54,56)/t38?,39-,40-/m0/s1. The molecule has 7 rings (SSSR count). The second-order valence-corrected chi connectivity index (χ2v) is 16.8. The van der Waals surface area contributed by atoms with Crippen LogP contribution in [0.25, 0.3) is 0 Å². The predicted octanol–water partition coefficient (Wildman–Crippen LogP) is 5.96. The van der Waals surface area contributed by atoms with Gasteiger partial charge < -0.3 is 15.0 Å². The number of hydrogen-bond donors (Lipinski definition) is 2. The number of anilines is 1. The second kappa shape index (κ2) is 17.3. The van der Waals surface area contributed by atoms with Gasteiger partial charge in [0.15, 0.2) is 0 Å². The second-order valence-electron chi connectivity index (χ2n) is 16.4. The molecule has 4 aliphatic heterocycles. The number of carbonyl (C=O) groups excluding carboxylic acids is 5. The number of nitrogens with one attached hydrogen (secondary N) is 2. The monoisotopic (exact) mass is 816 g/mol. The molecular weight excluding hydrogens is 768 g/mol. The molecule has 0 spiro atoms. The number of imide groups is 2. The zero-order chi connectivity index (χ0) is 42.0. The van der Waals surface area contributed by atoms with E-state index in [1.807, 2.05) is 44.2 Å². The van der Waals surface area contributed by atoms with Crippen LogP contribution in [-0.2, 0) is 9.59 Å². The van der Waals surface area contributed by atoms with Crippen molar-refractivity contribution in [3.8, 4) is 23.7 Å². The summed E-state index contributed by atoms with van der Waals surface area (Å²) in [7, 11) is 0. The molecule has 3 fully saturated rings. The number of piperidine rings is 2. The van der Waals surface area contributed by atoms with Crippen LogP contribution in [0, 0.1) is 34.5 Å². The van der Waals surface area contributed by atoms with Gasteiger partial charge in [-0.05, 0) is 86.7 Å². The molecule has 3 atom stereocenters. The average Bonchev–Trinajstić information content (AvgIpc) is 3.46. The van der Waals surface area contributed by atoms with Crippen molar-refractivity contribution >= 4 is 46.8 Å². The van der Waals surface area contributed by atoms with Crippen LogP contribution < -0.4 is 20.3 Å². The number of fused-ring (bicyclic) bond motifs is 1. The first kappa shape index (κ1) is 41.5. The van der Waals surface area contributed by atoms with Gasteiger partial charge in [-0.3, -0.25) is 39.1 Å². The lowest BCUT2D eigenvalue weighted by atomic mass is 9.76. The van der Waals surface area contributed by atoms with Gasteiger partial charge in [-0.15, -0.1) is 0 Å². The summed E-state index contributed by atoms with van der Waals surface area (Å²) < 4.78 is 6.36. The first-order valence-corrected chi connectivity index (χ1v) is 20.8. The highest BCUT2D eigenvalue weighted by atomic mass is 35.5. The molecule has 0 bridgehead atoms. The van der Waals surface area contributed by atoms with Gasteiger partial charge in [0.05, 0.1) is 21.7 Å². The minimum absolute atomic E-state index is 0.0858. The largest absolute Gasteiger partial charge is 0.490 e. The van der Waals surface area contributed by atoms with Gasteiger partial charge in [0.1, 0.15) is 24.0 Å². The van der Waals surface area contributed by atoms with Gasteiger partial charge in [0.2, 0.25) is 11.8 Å². The molecule has 4 heterocycles. The minimum Gasteiger partial charge on any atom is -0.490 e. The van der Waals surface area contributed by atoms with Crippen molar-refractivity contribution < 1.29 is 28.7 Å². The Morgan fingerprint density at radius 1 is 0.949 bits per heavy atom. The quantitative estimate of drug-likeness (QED) is 0.177. The van der Waals surface area contributed by atoms with Crippen molar-refractivity contribution in [2.24, 2.45) is 11.3 Å². The van der Waals surface area contributed by atoms with E-state index in [2.05, 4.69) is 52.2 Å². The fraction of sp³-hybridized carbons (Fsp3) is 0.435. The number of halogens is 1. The highest BCUT2D eigenvalue weighted by Gasteiger charge is 2.45. The Labute approximate surface area is 350 Å². The van der Waals surface area contributed by atoms with Crippen LogP contribution in [0.4, 0.5) is 5.69 Å². The number of carbonyl (C=O) groups is 5. The zero-order valence-electron chi connectivity index (χ0n) is 33.8. The third-order valence-electron chi connectivity index (χ3n) is 12.4. The molecule has 3 aromatic rings. The van der Waals surface area contributed by atoms with Gasteiger partial charge in [0.25, 0.3) is 17.7 Å². The summed E-state index contributed by atoms with van der Waals surface area (Å²) in [6.07, 6.45) is 3.35. The van der Waals surface area contributed by atoms with Crippen LogP contribution >= 0.6 is 11.6 Å². The van der Waals surface area contributed by atoms with Crippen molar-refractivity contribution in [1.82, 2.24) is 20.4 Å². The van der Waals surface area contributed by atoms with E-state index in [1.54, 1.807) is 30.3 Å². The normalized spacial score (nSPS) is 19.8. The van der Waals surface area contributed by atoms with Crippen molar-refractivity contribution in [2.75, 3.05) is 31.1 Å². The highest BCUT2D eigenvalue weighted by molar-refractivity contribution is 6.31. The lowest BCUT2D eigenvalue weighted by Gasteiger charge is -2.46. The Kier molecular flexibility index (Phi) is 12.1. The Hall–Kier alpha value is -5.69. The SMILES string of the molecule is CC[C@H](NC(=O)c1ccc(C#CC2CN(C3CCN(c4ccc5c(c4)C(=O)N(C4CCC(=O)NC4=O)C5=O)CC3)C2)cc1)C(C)(C)[C@H](CC)Oc1ccc(C#N)c(Cl)c1. The first-order valence-electron chi connectivity index (χ1n) is 20.4. The predicted molar refractivity (Wildman–Crippen MR) is 223 cm³/mol. The summed E-state index contributed by atoms with van der Waals surface area (Å²) in [6.45, 7) is 11.7. The summed E-state index contributed by atoms with van der Waals surface area (Å²) in [5.74, 6) is 5.41. The van der Waals surface area contributed by atoms with Gasteiger partial charge in [-0.25, -0.2) is 0 Å². The molecule has 3 aromatic carbocycles. The highest BCUT2D eigenvalue weighted by Crippen LogP contribution is 2.35. The number of rotatable bonds is 11. The lowest BCUT2D eigenvalue weighted by Crippen LogP contribution is -2.55. The molecule has 4 aliphatic rings. The number of hydrogen-bond acceptors (Lipinski definition) is 9. The number of nitriles is 1. The summed E-state index contributed by atoms with van der Waals surface area (Å²) in [5.41, 5.74) is 2.85. The Balaban J connectivity index is 0.874. The molecule has 59 heavy (non-hydrogen) atoms. The molecule has 3 saturated heterocycles. The fourth-order valence-electron chi connectivity index (χ4n) is 8.80. The van der Waals surface area contributed by atoms with Gasteiger partial charge in [0, 0.05) is 78.9 Å². The number of likely N-dealkylation sites (tertiary alicyclic amines) is 1. The molecule has 0 aromatic heterocycles. The van der Waals surface area contributed by atoms with Crippen molar-refractivity contribution in [3.05, 3.63) is 93.5 Å². The van der Waals surface area contributed by atoms with E-state index in [0.29, 0.717) is 46.3 Å². The molecule has 0 radical (unpaired) electrons. The van der Waals surface area contributed by atoms with Gasteiger partial charge >= 0.3 is 0 Å². The summed E-state index contributed by atoms with van der Waals surface area (Å²) in [4.78, 5) is 69.6. The Bertz CT molecular complexity index is 2260. The third-order valence-corrected chi connectivity index (χ3v) is 12.7. The average molecular weight is 817 g/mol. The van der Waals surface area contributed by atoms with Crippen LogP contribution in [-0.4, -0.2) is 89.7 Å². The molecule has 5 amide bonds. The zero-order valence-corrected chi connectivity index (χ0v) is 34.6.